The van der Waals surface area contributed by atoms with Gasteiger partial charge >= 0.3 is 0 Å². The third kappa shape index (κ3) is 4.05. The molecule has 1 heterocycles. The minimum Gasteiger partial charge on any atom is -1.00 e. The molecule has 3 aromatic carbocycles. The molecular weight excluding hydrogens is 401 g/mol. The van der Waals surface area contributed by atoms with Crippen molar-refractivity contribution < 1.29 is 12.4 Å². The normalized spacial score (nSPS) is 11.0. The van der Waals surface area contributed by atoms with Crippen molar-refractivity contribution in [3.05, 3.63) is 107 Å². The fourth-order valence-corrected chi connectivity index (χ4v) is 8.60. The fourth-order valence-electron chi connectivity index (χ4n) is 3.60. The Hall–Kier alpha value is -1.99. The van der Waals surface area contributed by atoms with Gasteiger partial charge in [0.25, 0.3) is 0 Å². The number of hydrogen-bond donors (Lipinski definition) is 0. The van der Waals surface area contributed by atoms with Crippen LogP contribution in [0.4, 0.5) is 0 Å². The minimum absolute atomic E-state index is 0. The molecule has 0 spiro atoms. The molecule has 0 saturated carbocycles. The molecule has 4 aromatic rings. The van der Waals surface area contributed by atoms with Crippen molar-refractivity contribution in [2.24, 2.45) is 0 Å². The Labute approximate surface area is 178 Å². The smallest absolute Gasteiger partial charge is 0.118 e. The van der Waals surface area contributed by atoms with E-state index >= 15 is 0 Å². The third-order valence-corrected chi connectivity index (χ3v) is 10.3. The van der Waals surface area contributed by atoms with Gasteiger partial charge in [0.2, 0.25) is 0 Å². The van der Waals surface area contributed by atoms with Gasteiger partial charge in [0.05, 0.1) is 10.7 Å². The van der Waals surface area contributed by atoms with Crippen molar-refractivity contribution in [1.82, 2.24) is 4.98 Å². The van der Waals surface area contributed by atoms with Crippen molar-refractivity contribution >= 4 is 34.5 Å². The Kier molecular flexibility index (Phi) is 7.02. The van der Waals surface area contributed by atoms with Crippen LogP contribution < -0.4 is 28.3 Å². The average molecular weight is 424 g/mol. The van der Waals surface area contributed by atoms with E-state index in [9.17, 15) is 0 Å². The second-order valence-corrected chi connectivity index (χ2v) is 11.0. The number of aromatic nitrogens is 1. The van der Waals surface area contributed by atoms with Gasteiger partial charge in [0.15, 0.2) is 0 Å². The van der Waals surface area contributed by atoms with Gasteiger partial charge in [-0.05, 0) is 42.8 Å². The monoisotopic (exact) mass is 423 g/mol. The summed E-state index contributed by atoms with van der Waals surface area (Å²) in [6, 6.07) is 33.0. The highest BCUT2D eigenvalue weighted by molar-refractivity contribution is 7.95. The molecule has 0 radical (unpaired) electrons. The summed E-state index contributed by atoms with van der Waals surface area (Å²) < 4.78 is 0. The molecule has 0 unspecified atom stereocenters. The lowest BCUT2D eigenvalue weighted by molar-refractivity contribution is -0.00000536. The lowest BCUT2D eigenvalue weighted by Crippen LogP contribution is -3.00. The van der Waals surface area contributed by atoms with Crippen LogP contribution in [0.5, 0.6) is 0 Å². The molecule has 4 heteroatoms. The summed E-state index contributed by atoms with van der Waals surface area (Å²) in [7, 11) is -1.83. The second kappa shape index (κ2) is 9.47. The zero-order valence-electron chi connectivity index (χ0n) is 15.8. The number of benzene rings is 3. The van der Waals surface area contributed by atoms with Crippen molar-refractivity contribution in [3.63, 3.8) is 0 Å². The Morgan fingerprint density at radius 2 is 1.14 bits per heavy atom. The summed E-state index contributed by atoms with van der Waals surface area (Å²) in [5, 5.41) is 7.70. The van der Waals surface area contributed by atoms with E-state index in [1.54, 1.807) is 11.3 Å². The van der Waals surface area contributed by atoms with Gasteiger partial charge in [0.1, 0.15) is 29.3 Å². The minimum atomic E-state index is -1.83. The van der Waals surface area contributed by atoms with Crippen LogP contribution in [0.3, 0.4) is 0 Å². The SMILES string of the molecule is CCc1nc(C[P+](c2ccccc2)(c2ccccc2)c2ccccc2)cs1.[Cl-]. The topological polar surface area (TPSA) is 12.9 Å². The molecule has 0 aliphatic carbocycles. The van der Waals surface area contributed by atoms with E-state index in [0.29, 0.717) is 0 Å². The highest BCUT2D eigenvalue weighted by Crippen LogP contribution is 2.58. The molecule has 1 nitrogen and oxygen atoms in total. The van der Waals surface area contributed by atoms with Crippen molar-refractivity contribution in [1.29, 1.82) is 0 Å². The molecule has 0 aliphatic heterocycles. The van der Waals surface area contributed by atoms with Crippen LogP contribution in [0.2, 0.25) is 0 Å². The van der Waals surface area contributed by atoms with Crippen molar-refractivity contribution in [2.75, 3.05) is 0 Å². The van der Waals surface area contributed by atoms with Gasteiger partial charge in [-0.2, -0.15) is 0 Å². The van der Waals surface area contributed by atoms with Crippen molar-refractivity contribution in [3.8, 4) is 0 Å². The fraction of sp³-hybridized carbons (Fsp3) is 0.125. The molecule has 0 fully saturated rings. The number of halogens is 1. The van der Waals surface area contributed by atoms with Crippen LogP contribution >= 0.6 is 18.6 Å². The van der Waals surface area contributed by atoms with E-state index in [2.05, 4.69) is 103 Å². The highest BCUT2D eigenvalue weighted by atomic mass is 35.5. The Morgan fingerprint density at radius 3 is 1.50 bits per heavy atom. The molecule has 1 aromatic heterocycles. The molecule has 0 saturated heterocycles. The predicted octanol–water partition coefficient (Wildman–Crippen LogP) is 2.20. The summed E-state index contributed by atoms with van der Waals surface area (Å²) in [5.74, 6) is 0. The first-order chi connectivity index (χ1) is 13.3. The van der Waals surface area contributed by atoms with E-state index in [-0.39, 0.29) is 12.4 Å². The zero-order chi connectivity index (χ0) is 18.5. The Balaban J connectivity index is 0.00000225. The average Bonchev–Trinajstić information content (AvgIpc) is 3.21. The predicted molar refractivity (Wildman–Crippen MR) is 120 cm³/mol. The molecule has 0 N–H and O–H groups in total. The maximum absolute atomic E-state index is 4.94. The molecule has 28 heavy (non-hydrogen) atoms. The van der Waals surface area contributed by atoms with Gasteiger partial charge in [-0.1, -0.05) is 61.5 Å². The number of nitrogens with zero attached hydrogens (tertiary/aromatic N) is 1. The van der Waals surface area contributed by atoms with Gasteiger partial charge in [0, 0.05) is 5.38 Å². The summed E-state index contributed by atoms with van der Waals surface area (Å²) in [6.45, 7) is 2.18. The first-order valence-electron chi connectivity index (χ1n) is 9.31. The van der Waals surface area contributed by atoms with Crippen molar-refractivity contribution in [2.45, 2.75) is 19.5 Å². The molecule has 0 bridgehead atoms. The Morgan fingerprint density at radius 1 is 0.714 bits per heavy atom. The summed E-state index contributed by atoms with van der Waals surface area (Å²) in [6.07, 6.45) is 1.96. The lowest BCUT2D eigenvalue weighted by Gasteiger charge is -2.27. The van der Waals surface area contributed by atoms with Gasteiger partial charge in [-0.15, -0.1) is 11.3 Å². The Bertz CT molecular complexity index is 890. The maximum atomic E-state index is 4.94. The summed E-state index contributed by atoms with van der Waals surface area (Å²) in [5.41, 5.74) is 1.21. The van der Waals surface area contributed by atoms with E-state index < -0.39 is 7.26 Å². The number of rotatable bonds is 6. The number of hydrogen-bond acceptors (Lipinski definition) is 2. The molecule has 0 aliphatic rings. The molecule has 142 valence electrons. The van der Waals surface area contributed by atoms with Crippen LogP contribution in [0.1, 0.15) is 17.6 Å². The molecular formula is C24H23ClNPS. The maximum Gasteiger partial charge on any atom is 0.118 e. The lowest BCUT2D eigenvalue weighted by atomic mass is 10.4. The second-order valence-electron chi connectivity index (χ2n) is 6.56. The first-order valence-corrected chi connectivity index (χ1v) is 12.2. The van der Waals surface area contributed by atoms with E-state index in [4.69, 9.17) is 4.98 Å². The van der Waals surface area contributed by atoms with Crippen LogP contribution in [-0.4, -0.2) is 4.98 Å². The van der Waals surface area contributed by atoms with Crippen LogP contribution in [0.25, 0.3) is 0 Å². The van der Waals surface area contributed by atoms with E-state index in [1.165, 1.54) is 26.6 Å². The molecule has 0 atom stereocenters. The third-order valence-electron chi connectivity index (χ3n) is 4.89. The number of aryl methyl sites for hydroxylation is 1. The number of thiazole rings is 1. The van der Waals surface area contributed by atoms with E-state index in [1.807, 2.05) is 0 Å². The zero-order valence-corrected chi connectivity index (χ0v) is 18.3. The van der Waals surface area contributed by atoms with Gasteiger partial charge in [-0.3, -0.25) is 0 Å². The highest BCUT2D eigenvalue weighted by Gasteiger charge is 2.45. The van der Waals surface area contributed by atoms with E-state index in [0.717, 1.165) is 12.6 Å². The van der Waals surface area contributed by atoms with Gasteiger partial charge < -0.3 is 12.4 Å². The molecule has 4 rings (SSSR count). The first kappa shape index (κ1) is 20.7. The summed E-state index contributed by atoms with van der Waals surface area (Å²) >= 11 is 1.78. The quantitative estimate of drug-likeness (QED) is 0.433. The van der Waals surface area contributed by atoms with Crippen LogP contribution in [0, 0.1) is 0 Å². The summed E-state index contributed by atoms with van der Waals surface area (Å²) in [4.78, 5) is 4.94. The largest absolute Gasteiger partial charge is 1.00 e. The van der Waals surface area contributed by atoms with Crippen LogP contribution in [0.15, 0.2) is 96.4 Å². The standard InChI is InChI=1S/C24H23NPS.ClH/c1-2-24-25-20(19-27-24)18-26(21-12-6-3-7-13-21,22-14-8-4-9-15-22)23-16-10-5-11-17-23;/h3-17,19H,2,18H2,1H3;1H/q+1;/p-1. The van der Waals surface area contributed by atoms with Crippen LogP contribution in [-0.2, 0) is 12.6 Å². The van der Waals surface area contributed by atoms with Gasteiger partial charge in [-0.25, -0.2) is 4.98 Å². The molecule has 0 amide bonds.